The normalized spacial score (nSPS) is 16.1. The summed E-state index contributed by atoms with van der Waals surface area (Å²) in [6.07, 6.45) is 2.40. The van der Waals surface area contributed by atoms with E-state index in [0.717, 1.165) is 46.5 Å². The number of aromatic nitrogens is 6. The summed E-state index contributed by atoms with van der Waals surface area (Å²) < 4.78 is 11.2. The molecule has 1 aliphatic heterocycles. The highest BCUT2D eigenvalue weighted by molar-refractivity contribution is 7.13. The summed E-state index contributed by atoms with van der Waals surface area (Å²) >= 11 is 3.00. The maximum Gasteiger partial charge on any atom is 0.351 e. The van der Waals surface area contributed by atoms with Gasteiger partial charge in [-0.15, -0.1) is 34.0 Å². The molecule has 0 radical (unpaired) electrons. The molecule has 7 rings (SSSR count). The number of aliphatic hydroxyl groups excluding tert-OH is 1. The molecule has 34 heteroatoms. The Morgan fingerprint density at radius 1 is 0.667 bits per heavy atom. The van der Waals surface area contributed by atoms with Gasteiger partial charge in [-0.25, -0.2) is 34.7 Å². The molecule has 12 N–H and O–H groups in total. The number of fused-ring (bicyclic) bond motifs is 13. The fourth-order valence-electron chi connectivity index (χ4n) is 6.96. The van der Waals surface area contributed by atoms with Crippen LogP contribution in [0.2, 0.25) is 0 Å². The van der Waals surface area contributed by atoms with Crippen LogP contribution < -0.4 is 53.2 Å². The van der Waals surface area contributed by atoms with Crippen LogP contribution in [0.4, 0.5) is 0 Å². The van der Waals surface area contributed by atoms with Gasteiger partial charge in [0.2, 0.25) is 17.7 Å². The van der Waals surface area contributed by atoms with Crippen LogP contribution in [0.3, 0.4) is 0 Å². The van der Waals surface area contributed by atoms with Gasteiger partial charge in [0.1, 0.15) is 79.1 Å². The lowest BCUT2D eigenvalue weighted by Crippen LogP contribution is -2.52. The number of carbonyl (C=O) groups excluding carboxylic acids is 10. The molecule has 0 fully saturated rings. The number of pyridine rings is 1. The van der Waals surface area contributed by atoms with Gasteiger partial charge in [-0.3, -0.25) is 47.9 Å². The first-order valence-electron chi connectivity index (χ1n) is 24.8. The fraction of sp³-hybridized carbons (Fsp3) is 0.151. The number of allylic oxidation sites excluding steroid dienone is 1. The van der Waals surface area contributed by atoms with Crippen LogP contribution in [-0.4, -0.2) is 117 Å². The maximum absolute atomic E-state index is 13.9. The average Bonchev–Trinajstić information content (AvgIpc) is 2.00. The standard InChI is InChI=1S/C53H48N16O15S3/c1-10-11-30-50-66-32(16-84-50)43(75)54-14-36-62-33(17-85-36)45(77)60-25(7)51-67-34(18-86-51)46(78)58-23(5)41(73)59-24(6)49-65-31(15-83-49)38-28(52-68-35(19-87-52)47(79)69-37(27(9)70)48(80)64-30)12-13-29(63-38)44(76)57-22(4)40(72)55-20(2)39(71)56-21(3)42(74)61-26(8)53(81)82/h11-13,15-19,25,27,37,70H,2-6,8,10,14H2,1,7,9H3,(H,54,75)(H,55,72)(H,56,71)(H,57,76)(H,58,78)(H,59,73)(H,60,77)(H,61,74)(H,64,80)(H,69,79)(H,81,82)/b30-11+/t25?,27?,37-/m0/s1/i48+1,50+1. The lowest BCUT2D eigenvalue weighted by atomic mass is 10.1. The maximum atomic E-state index is 13.9. The molecule has 0 aromatic carbocycles. The molecule has 1 aliphatic rings. The predicted octanol–water partition coefficient (Wildman–Crippen LogP) is 1.79. The van der Waals surface area contributed by atoms with Crippen molar-refractivity contribution in [3.05, 3.63) is 165 Å². The van der Waals surface area contributed by atoms with Crippen LogP contribution in [0.15, 0.2) is 124 Å². The molecule has 7 heterocycles. The van der Waals surface area contributed by atoms with Crippen LogP contribution in [0, 0.1) is 0 Å². The van der Waals surface area contributed by atoms with Crippen LogP contribution in [-0.2, 0) is 35.3 Å². The Balaban J connectivity index is 1.16. The quantitative estimate of drug-likeness (QED) is 0.0650. The SMILES string of the molecule is C=C(NC(=O)C(=C)NC(=O)C(=C)NC(=O)C(=C)NC(=O)c1ccc2c(n1)-c1coc(n1)C(=C)NC(=O)C(=C)NC(=O)c1csc(n1)C(C)NC(=O)c1csc(n1)CNC(=O)c1co[13c](n1)/C(=C\CC)N[13C](=O)[C@H](C(C)O)NC(=O)c1csc-2n1)C(=O)O. The summed E-state index contributed by atoms with van der Waals surface area (Å²) in [5.41, 5.74) is -4.68. The van der Waals surface area contributed by atoms with Crippen molar-refractivity contribution in [3.8, 4) is 22.0 Å². The summed E-state index contributed by atoms with van der Waals surface area (Å²) in [6, 6.07) is 0.147. The van der Waals surface area contributed by atoms with Crippen molar-refractivity contribution < 1.29 is 71.8 Å². The Morgan fingerprint density at radius 2 is 1.24 bits per heavy atom. The van der Waals surface area contributed by atoms with Gasteiger partial charge in [-0.2, -0.15) is 0 Å². The second-order valence-corrected chi connectivity index (χ2v) is 20.6. The molecule has 0 saturated carbocycles. The van der Waals surface area contributed by atoms with E-state index in [-0.39, 0.29) is 74.5 Å². The third-order valence-corrected chi connectivity index (χ3v) is 14.1. The summed E-state index contributed by atoms with van der Waals surface area (Å²) in [4.78, 5) is 170. The highest BCUT2D eigenvalue weighted by Crippen LogP contribution is 2.34. The zero-order valence-electron chi connectivity index (χ0n) is 45.6. The van der Waals surface area contributed by atoms with Crippen LogP contribution >= 0.6 is 34.0 Å². The number of nitrogens with zero attached hydrogens (tertiary/aromatic N) is 6. The summed E-state index contributed by atoms with van der Waals surface area (Å²) in [5, 5.41) is 47.9. The Labute approximate surface area is 502 Å². The molecule has 31 nitrogen and oxygen atoms in total. The monoisotopic (exact) mass is 1250 g/mol. The van der Waals surface area contributed by atoms with Crippen molar-refractivity contribution in [3.63, 3.8) is 0 Å². The number of carbonyl (C=O) groups is 11. The van der Waals surface area contributed by atoms with E-state index in [2.05, 4.69) is 112 Å². The van der Waals surface area contributed by atoms with Crippen molar-refractivity contribution in [2.75, 3.05) is 0 Å². The van der Waals surface area contributed by atoms with Gasteiger partial charge < -0.3 is 72.2 Å². The van der Waals surface area contributed by atoms with Gasteiger partial charge in [0.25, 0.3) is 53.2 Å². The molecule has 3 atom stereocenters. The van der Waals surface area contributed by atoms with Crippen molar-refractivity contribution in [1.29, 1.82) is 0 Å². The van der Waals surface area contributed by atoms with E-state index in [1.165, 1.54) is 41.3 Å². The molecule has 6 aromatic rings. The number of amides is 10. The summed E-state index contributed by atoms with van der Waals surface area (Å²) in [7, 11) is 0. The number of oxazole rings is 2. The fourth-order valence-corrected chi connectivity index (χ4v) is 9.30. The van der Waals surface area contributed by atoms with Gasteiger partial charge >= 0.3 is 5.97 Å². The minimum Gasteiger partial charge on any atom is -0.477 e. The van der Waals surface area contributed by atoms with E-state index in [1.807, 2.05) is 10.6 Å². The smallest absolute Gasteiger partial charge is 0.351 e. The number of aliphatic hydroxyl groups is 1. The zero-order valence-corrected chi connectivity index (χ0v) is 48.1. The number of aliphatic carboxylic acids is 1. The van der Waals surface area contributed by atoms with E-state index in [4.69, 9.17) is 13.9 Å². The Hall–Kier alpha value is -11.2. The average molecular weight is 1250 g/mol. The third-order valence-electron chi connectivity index (χ3n) is 11.4. The van der Waals surface area contributed by atoms with Gasteiger partial charge in [0.15, 0.2) is 5.69 Å². The molecular formula is C53H48N16O15S3. The molecule has 87 heavy (non-hydrogen) atoms. The van der Waals surface area contributed by atoms with Crippen LogP contribution in [0.25, 0.3) is 33.4 Å². The molecule has 6 aromatic heterocycles. The van der Waals surface area contributed by atoms with E-state index >= 15 is 0 Å². The summed E-state index contributed by atoms with van der Waals surface area (Å²) in [5.74, 6) is -11.7. The van der Waals surface area contributed by atoms with Crippen molar-refractivity contribution in [1.82, 2.24) is 83.1 Å². The second-order valence-electron chi connectivity index (χ2n) is 17.9. The minimum absolute atomic E-state index is 0.0174. The Bertz CT molecular complexity index is 3970. The van der Waals surface area contributed by atoms with Gasteiger partial charge in [-0.1, -0.05) is 52.5 Å². The molecule has 10 amide bonds. The molecule has 2 unspecified atom stereocenters. The van der Waals surface area contributed by atoms with E-state index in [1.54, 1.807) is 13.8 Å². The van der Waals surface area contributed by atoms with E-state index in [0.29, 0.717) is 16.4 Å². The molecular weight excluding hydrogens is 1200 g/mol. The highest BCUT2D eigenvalue weighted by atomic mass is 32.1. The van der Waals surface area contributed by atoms with Crippen LogP contribution in [0.1, 0.15) is 107 Å². The number of nitrogens with one attached hydrogen (secondary N) is 10. The first kappa shape index (κ1) is 63.4. The molecule has 448 valence electrons. The van der Waals surface area contributed by atoms with Crippen molar-refractivity contribution in [2.45, 2.75) is 51.9 Å². The number of rotatable bonds is 11. The molecule has 0 aliphatic carbocycles. The number of hydrogen-bond acceptors (Lipinski definition) is 23. The van der Waals surface area contributed by atoms with Crippen molar-refractivity contribution in [2.24, 2.45) is 0 Å². The van der Waals surface area contributed by atoms with E-state index in [9.17, 15) is 57.8 Å². The van der Waals surface area contributed by atoms with E-state index < -0.39 is 117 Å². The number of carboxylic acids is 1. The van der Waals surface area contributed by atoms with Gasteiger partial charge in [-0.05, 0) is 32.4 Å². The van der Waals surface area contributed by atoms with Crippen LogP contribution in [0.5, 0.6) is 0 Å². The Kier molecular flexibility index (Phi) is 20.0. The lowest BCUT2D eigenvalue weighted by molar-refractivity contribution is -0.134. The molecule has 0 spiro atoms. The number of carboxylic acid groups (broad SMARTS) is 1. The summed E-state index contributed by atoms with van der Waals surface area (Å²) in [6.45, 7) is 25.3. The minimum atomic E-state index is -1.63. The Morgan fingerprint density at radius 3 is 1.91 bits per heavy atom. The first-order chi connectivity index (χ1) is 41.2. The topological polar surface area (TPSA) is 452 Å². The third kappa shape index (κ3) is 15.7. The van der Waals surface area contributed by atoms with Gasteiger partial charge in [0.05, 0.1) is 47.2 Å². The number of thiazole rings is 3. The second kappa shape index (κ2) is 27.4. The molecule has 0 saturated heterocycles. The molecule has 10 bridgehead atoms. The number of hydrogen-bond donors (Lipinski definition) is 12. The predicted molar refractivity (Wildman–Crippen MR) is 308 cm³/mol. The zero-order chi connectivity index (χ0) is 63.6. The van der Waals surface area contributed by atoms with Gasteiger partial charge in [0, 0.05) is 21.7 Å². The first-order valence-corrected chi connectivity index (χ1v) is 27.5. The highest BCUT2D eigenvalue weighted by Gasteiger charge is 2.31. The lowest BCUT2D eigenvalue weighted by Gasteiger charge is -2.20. The van der Waals surface area contributed by atoms with Crippen molar-refractivity contribution >= 4 is 110 Å². The largest absolute Gasteiger partial charge is 0.477 e.